The van der Waals surface area contributed by atoms with Crippen LogP contribution < -0.4 is 15.2 Å². The van der Waals surface area contributed by atoms with Gasteiger partial charge in [-0.3, -0.25) is 4.90 Å². The van der Waals surface area contributed by atoms with Gasteiger partial charge in [0.1, 0.15) is 17.7 Å². The van der Waals surface area contributed by atoms with E-state index in [4.69, 9.17) is 15.2 Å². The van der Waals surface area contributed by atoms with E-state index < -0.39 is 0 Å². The first-order chi connectivity index (χ1) is 14.3. The maximum Gasteiger partial charge on any atom is 0.264 e. The number of nitrogens with zero attached hydrogens (tertiary/aromatic N) is 6. The lowest BCUT2D eigenvalue weighted by atomic mass is 10.1. The molecule has 2 aromatic heterocycles. The molecular formula is C19H23N7O2S. The van der Waals surface area contributed by atoms with Crippen LogP contribution in [0.15, 0.2) is 30.9 Å². The average Bonchev–Trinajstić information content (AvgIpc) is 3.51. The molecule has 0 amide bonds. The van der Waals surface area contributed by atoms with Crippen LogP contribution in [0.1, 0.15) is 35.9 Å². The number of unbranched alkanes of at least 4 members (excludes halogenated alkanes) is 1. The molecule has 2 aliphatic heterocycles. The molecule has 0 bridgehead atoms. The fourth-order valence-corrected chi connectivity index (χ4v) is 4.82. The summed E-state index contributed by atoms with van der Waals surface area (Å²) in [6.45, 7) is 2.31. The molecule has 152 valence electrons. The highest BCUT2D eigenvalue weighted by Crippen LogP contribution is 2.34. The number of rotatable bonds is 7. The minimum absolute atomic E-state index is 0.0837. The lowest BCUT2D eigenvalue weighted by Gasteiger charge is -2.24. The van der Waals surface area contributed by atoms with E-state index in [1.54, 1.807) is 11.0 Å². The number of aromatic nitrogens is 5. The summed E-state index contributed by atoms with van der Waals surface area (Å²) in [5, 5.41) is 5.06. The minimum atomic E-state index is 0.0837. The molecule has 4 heterocycles. The van der Waals surface area contributed by atoms with Gasteiger partial charge in [0, 0.05) is 12.6 Å². The smallest absolute Gasteiger partial charge is 0.264 e. The zero-order chi connectivity index (χ0) is 19.6. The van der Waals surface area contributed by atoms with Gasteiger partial charge in [-0.15, -0.1) is 0 Å². The molecule has 1 aromatic carbocycles. The van der Waals surface area contributed by atoms with Gasteiger partial charge < -0.3 is 15.2 Å². The van der Waals surface area contributed by atoms with Gasteiger partial charge >= 0.3 is 0 Å². The number of nitrogens with two attached hydrogens (primary N) is 1. The number of likely N-dealkylation sites (tertiary alicyclic amines) is 1. The Labute approximate surface area is 172 Å². The van der Waals surface area contributed by atoms with Crippen molar-refractivity contribution >= 4 is 11.5 Å². The largest absolute Gasteiger partial charge is 0.454 e. The van der Waals surface area contributed by atoms with Crippen molar-refractivity contribution in [3.8, 4) is 17.4 Å². The number of aryl methyl sites for hydroxylation is 1. The lowest BCUT2D eigenvalue weighted by Crippen LogP contribution is -2.32. The predicted molar refractivity (Wildman–Crippen MR) is 107 cm³/mol. The van der Waals surface area contributed by atoms with E-state index in [-0.39, 0.29) is 12.1 Å². The van der Waals surface area contributed by atoms with Crippen LogP contribution in [0.25, 0.3) is 5.95 Å². The number of ether oxygens (including phenoxy) is 2. The number of fused-ring (bicyclic) bond motifs is 1. The quantitative estimate of drug-likeness (QED) is 0.586. The van der Waals surface area contributed by atoms with E-state index >= 15 is 0 Å². The highest BCUT2D eigenvalue weighted by Gasteiger charge is 2.35. The van der Waals surface area contributed by atoms with E-state index in [9.17, 15) is 0 Å². The Morgan fingerprint density at radius 2 is 2.14 bits per heavy atom. The van der Waals surface area contributed by atoms with Crippen molar-refractivity contribution in [1.29, 1.82) is 0 Å². The molecule has 2 N–H and O–H groups in total. The van der Waals surface area contributed by atoms with Gasteiger partial charge in [0.2, 0.25) is 6.79 Å². The van der Waals surface area contributed by atoms with Gasteiger partial charge in [0.05, 0.1) is 6.04 Å². The van der Waals surface area contributed by atoms with Crippen molar-refractivity contribution in [3.63, 3.8) is 0 Å². The highest BCUT2D eigenvalue weighted by atomic mass is 32.1. The van der Waals surface area contributed by atoms with Crippen LogP contribution in [0.5, 0.6) is 11.5 Å². The molecule has 0 aliphatic carbocycles. The molecule has 1 fully saturated rings. The first kappa shape index (κ1) is 18.5. The molecule has 1 saturated heterocycles. The SMILES string of the molecule is NC1CCN(CCCCc2ccc3c(c2)OCO3)C1c1nc(-n2cncn2)ns1. The second-order valence-corrected chi connectivity index (χ2v) is 8.13. The summed E-state index contributed by atoms with van der Waals surface area (Å²) >= 11 is 1.40. The van der Waals surface area contributed by atoms with E-state index in [2.05, 4.69) is 36.5 Å². The monoisotopic (exact) mass is 413 g/mol. The molecule has 2 atom stereocenters. The van der Waals surface area contributed by atoms with Crippen molar-refractivity contribution < 1.29 is 9.47 Å². The molecule has 2 aliphatic rings. The van der Waals surface area contributed by atoms with Crippen LogP contribution in [-0.2, 0) is 6.42 Å². The third kappa shape index (κ3) is 3.83. The van der Waals surface area contributed by atoms with Crippen molar-refractivity contribution in [2.45, 2.75) is 37.8 Å². The van der Waals surface area contributed by atoms with E-state index in [1.165, 1.54) is 23.4 Å². The fourth-order valence-electron chi connectivity index (χ4n) is 3.96. The Morgan fingerprint density at radius 1 is 1.21 bits per heavy atom. The Kier molecular flexibility index (Phi) is 5.13. The minimum Gasteiger partial charge on any atom is -0.454 e. The molecular weight excluding hydrogens is 390 g/mol. The van der Waals surface area contributed by atoms with Gasteiger partial charge in [-0.05, 0) is 61.5 Å². The summed E-state index contributed by atoms with van der Waals surface area (Å²) in [7, 11) is 0. The number of hydrogen-bond donors (Lipinski definition) is 1. The summed E-state index contributed by atoms with van der Waals surface area (Å²) in [4.78, 5) is 11.1. The molecule has 3 aromatic rings. The molecule has 0 saturated carbocycles. The van der Waals surface area contributed by atoms with E-state index in [1.807, 2.05) is 6.07 Å². The molecule has 29 heavy (non-hydrogen) atoms. The summed E-state index contributed by atoms with van der Waals surface area (Å²) in [5.74, 6) is 2.25. The maximum atomic E-state index is 6.41. The van der Waals surface area contributed by atoms with Crippen molar-refractivity contribution in [2.75, 3.05) is 19.9 Å². The van der Waals surface area contributed by atoms with Gasteiger partial charge in [-0.2, -0.15) is 14.2 Å². The molecule has 0 spiro atoms. The fraction of sp³-hybridized carbons (Fsp3) is 0.474. The highest BCUT2D eigenvalue weighted by molar-refractivity contribution is 7.05. The van der Waals surface area contributed by atoms with Gasteiger partial charge in [-0.1, -0.05) is 6.07 Å². The first-order valence-electron chi connectivity index (χ1n) is 9.85. The Morgan fingerprint density at radius 3 is 3.03 bits per heavy atom. The summed E-state index contributed by atoms with van der Waals surface area (Å²) in [5.41, 5.74) is 7.70. The molecule has 5 rings (SSSR count). The summed E-state index contributed by atoms with van der Waals surface area (Å²) < 4.78 is 16.8. The van der Waals surface area contributed by atoms with Crippen LogP contribution in [0.4, 0.5) is 0 Å². The Balaban J connectivity index is 1.17. The zero-order valence-corrected chi connectivity index (χ0v) is 16.8. The molecule has 0 radical (unpaired) electrons. The molecule has 9 nitrogen and oxygen atoms in total. The van der Waals surface area contributed by atoms with Crippen LogP contribution in [0.3, 0.4) is 0 Å². The number of hydrogen-bond acceptors (Lipinski definition) is 9. The third-order valence-electron chi connectivity index (χ3n) is 5.45. The lowest BCUT2D eigenvalue weighted by molar-refractivity contribution is 0.174. The van der Waals surface area contributed by atoms with Crippen molar-refractivity contribution in [2.24, 2.45) is 5.73 Å². The van der Waals surface area contributed by atoms with Crippen LogP contribution >= 0.6 is 11.5 Å². The van der Waals surface area contributed by atoms with Gasteiger partial charge in [0.15, 0.2) is 11.5 Å². The second-order valence-electron chi connectivity index (χ2n) is 7.35. The third-order valence-corrected chi connectivity index (χ3v) is 6.23. The van der Waals surface area contributed by atoms with Gasteiger partial charge in [0.25, 0.3) is 5.95 Å². The van der Waals surface area contributed by atoms with Crippen LogP contribution in [-0.4, -0.2) is 54.9 Å². The van der Waals surface area contributed by atoms with Crippen molar-refractivity contribution in [3.05, 3.63) is 41.4 Å². The molecule has 10 heteroatoms. The normalized spacial score (nSPS) is 21.1. The maximum absolute atomic E-state index is 6.41. The predicted octanol–water partition coefficient (Wildman–Crippen LogP) is 1.94. The summed E-state index contributed by atoms with van der Waals surface area (Å²) in [6.07, 6.45) is 7.30. The average molecular weight is 414 g/mol. The summed E-state index contributed by atoms with van der Waals surface area (Å²) in [6, 6.07) is 6.41. The topological polar surface area (TPSA) is 104 Å². The van der Waals surface area contributed by atoms with E-state index in [0.717, 1.165) is 55.3 Å². The van der Waals surface area contributed by atoms with Gasteiger partial charge in [-0.25, -0.2) is 9.97 Å². The Hall–Kier alpha value is -2.56. The second kappa shape index (κ2) is 8.05. The zero-order valence-electron chi connectivity index (χ0n) is 16.0. The van der Waals surface area contributed by atoms with Crippen molar-refractivity contribution in [1.82, 2.24) is 29.0 Å². The van der Waals surface area contributed by atoms with Crippen LogP contribution in [0.2, 0.25) is 0 Å². The molecule has 2 unspecified atom stereocenters. The first-order valence-corrected chi connectivity index (χ1v) is 10.6. The number of benzene rings is 1. The standard InChI is InChI=1S/C19H23N7O2S/c20-14-6-8-25(17(14)18-23-19(24-29-18)26-11-21-10-22-26)7-2-1-3-13-4-5-15-16(9-13)28-12-27-15/h4-5,9-11,14,17H,1-3,6-8,12,20H2. The van der Waals surface area contributed by atoms with E-state index in [0.29, 0.717) is 12.7 Å². The van der Waals surface area contributed by atoms with Crippen LogP contribution in [0, 0.1) is 0 Å². The Bertz CT molecular complexity index is 961.